The van der Waals surface area contributed by atoms with Crippen LogP contribution < -0.4 is 4.74 Å². The fraction of sp³-hybridized carbons (Fsp3) is 0.0833. The van der Waals surface area contributed by atoms with Crippen LogP contribution in [0.4, 0.5) is 5.69 Å². The predicted molar refractivity (Wildman–Crippen MR) is 67.2 cm³/mol. The number of aryl methyl sites for hydroxylation is 1. The highest BCUT2D eigenvalue weighted by molar-refractivity contribution is 6.29. The van der Waals surface area contributed by atoms with Gasteiger partial charge in [-0.25, -0.2) is 4.98 Å². The number of nitrogens with zero attached hydrogens (tertiary/aromatic N) is 2. The summed E-state index contributed by atoms with van der Waals surface area (Å²) in [5.41, 5.74) is 0.782. The lowest BCUT2D eigenvalue weighted by Gasteiger charge is -2.08. The standard InChI is InChI=1S/C12H9ClN2O3/c1-8-2-3-9(15(16)17)6-11(8)18-10-4-5-14-12(13)7-10/h2-7H,1H3. The molecule has 0 bridgehead atoms. The van der Waals surface area contributed by atoms with Crippen LogP contribution in [0.15, 0.2) is 36.5 Å². The molecule has 0 radical (unpaired) electrons. The molecule has 0 atom stereocenters. The first-order valence-corrected chi connectivity index (χ1v) is 5.48. The van der Waals surface area contributed by atoms with Gasteiger partial charge in [0.15, 0.2) is 0 Å². The van der Waals surface area contributed by atoms with Crippen molar-refractivity contribution in [2.45, 2.75) is 6.92 Å². The highest BCUT2D eigenvalue weighted by Gasteiger charge is 2.10. The summed E-state index contributed by atoms with van der Waals surface area (Å²) in [6, 6.07) is 7.62. The Hall–Kier alpha value is -2.14. The third-order valence-electron chi connectivity index (χ3n) is 2.31. The Labute approximate surface area is 108 Å². The van der Waals surface area contributed by atoms with Crippen molar-refractivity contribution < 1.29 is 9.66 Å². The van der Waals surface area contributed by atoms with Crippen molar-refractivity contribution in [2.24, 2.45) is 0 Å². The van der Waals surface area contributed by atoms with Crippen molar-refractivity contribution >= 4 is 17.3 Å². The van der Waals surface area contributed by atoms with Crippen molar-refractivity contribution in [1.29, 1.82) is 0 Å². The van der Waals surface area contributed by atoms with Gasteiger partial charge in [-0.2, -0.15) is 0 Å². The number of pyridine rings is 1. The summed E-state index contributed by atoms with van der Waals surface area (Å²) in [6.45, 7) is 1.81. The van der Waals surface area contributed by atoms with E-state index in [1.165, 1.54) is 18.3 Å². The van der Waals surface area contributed by atoms with Gasteiger partial charge in [-0.1, -0.05) is 11.6 Å². The van der Waals surface area contributed by atoms with Gasteiger partial charge in [0.1, 0.15) is 16.7 Å². The zero-order valence-electron chi connectivity index (χ0n) is 9.46. The minimum absolute atomic E-state index is 0.0178. The molecular formula is C12H9ClN2O3. The molecule has 1 heterocycles. The maximum atomic E-state index is 10.7. The lowest BCUT2D eigenvalue weighted by molar-refractivity contribution is -0.384. The number of rotatable bonds is 3. The number of ether oxygens (including phenoxy) is 1. The highest BCUT2D eigenvalue weighted by Crippen LogP contribution is 2.29. The Bertz CT molecular complexity index is 602. The lowest BCUT2D eigenvalue weighted by atomic mass is 10.2. The Balaban J connectivity index is 2.33. The maximum absolute atomic E-state index is 10.7. The number of aromatic nitrogens is 1. The van der Waals surface area contributed by atoms with E-state index in [2.05, 4.69) is 4.98 Å². The molecule has 0 aliphatic carbocycles. The van der Waals surface area contributed by atoms with Gasteiger partial charge in [-0.05, 0) is 24.6 Å². The van der Waals surface area contributed by atoms with E-state index in [0.29, 0.717) is 16.7 Å². The summed E-state index contributed by atoms with van der Waals surface area (Å²) in [7, 11) is 0. The van der Waals surface area contributed by atoms with Crippen LogP contribution in [-0.4, -0.2) is 9.91 Å². The van der Waals surface area contributed by atoms with Crippen LogP contribution in [0.3, 0.4) is 0 Å². The number of non-ortho nitro benzene ring substituents is 1. The average molecular weight is 265 g/mol. The van der Waals surface area contributed by atoms with Gasteiger partial charge < -0.3 is 4.74 Å². The summed E-state index contributed by atoms with van der Waals surface area (Å²) >= 11 is 5.73. The van der Waals surface area contributed by atoms with Crippen LogP contribution >= 0.6 is 11.6 Å². The number of benzene rings is 1. The second-order valence-corrected chi connectivity index (χ2v) is 4.01. The summed E-state index contributed by atoms with van der Waals surface area (Å²) in [6.07, 6.45) is 1.50. The largest absolute Gasteiger partial charge is 0.457 e. The molecule has 18 heavy (non-hydrogen) atoms. The average Bonchev–Trinajstić information content (AvgIpc) is 2.31. The van der Waals surface area contributed by atoms with Crippen molar-refractivity contribution in [3.63, 3.8) is 0 Å². The van der Waals surface area contributed by atoms with Crippen LogP contribution in [-0.2, 0) is 0 Å². The first-order valence-electron chi connectivity index (χ1n) is 5.11. The molecule has 0 saturated carbocycles. The Morgan fingerprint density at radius 2 is 2.11 bits per heavy atom. The van der Waals surface area contributed by atoms with Gasteiger partial charge in [-0.3, -0.25) is 10.1 Å². The molecule has 1 aromatic carbocycles. The fourth-order valence-corrected chi connectivity index (χ4v) is 1.55. The molecule has 2 aromatic rings. The molecule has 1 aromatic heterocycles. The minimum atomic E-state index is -0.466. The van der Waals surface area contributed by atoms with Crippen LogP contribution in [0.5, 0.6) is 11.5 Å². The number of nitro benzene ring substituents is 1. The summed E-state index contributed by atoms with van der Waals surface area (Å²) < 4.78 is 5.55. The Kier molecular flexibility index (Phi) is 3.43. The van der Waals surface area contributed by atoms with Crippen molar-refractivity contribution in [2.75, 3.05) is 0 Å². The van der Waals surface area contributed by atoms with E-state index in [9.17, 15) is 10.1 Å². The fourth-order valence-electron chi connectivity index (χ4n) is 1.39. The molecule has 0 N–H and O–H groups in total. The molecule has 0 saturated heterocycles. The monoisotopic (exact) mass is 264 g/mol. The molecule has 0 aliphatic heterocycles. The van der Waals surface area contributed by atoms with Gasteiger partial charge in [0.05, 0.1) is 11.0 Å². The Morgan fingerprint density at radius 1 is 1.33 bits per heavy atom. The predicted octanol–water partition coefficient (Wildman–Crippen LogP) is 3.74. The topological polar surface area (TPSA) is 65.3 Å². The second-order valence-electron chi connectivity index (χ2n) is 3.62. The zero-order valence-corrected chi connectivity index (χ0v) is 10.2. The first kappa shape index (κ1) is 12.3. The van der Waals surface area contributed by atoms with Crippen molar-refractivity contribution in [3.8, 4) is 11.5 Å². The second kappa shape index (κ2) is 5.01. The lowest BCUT2D eigenvalue weighted by Crippen LogP contribution is -1.92. The molecule has 2 rings (SSSR count). The minimum Gasteiger partial charge on any atom is -0.457 e. The SMILES string of the molecule is Cc1ccc([N+](=O)[O-])cc1Oc1ccnc(Cl)c1. The Morgan fingerprint density at radius 3 is 2.78 bits per heavy atom. The highest BCUT2D eigenvalue weighted by atomic mass is 35.5. The van der Waals surface area contributed by atoms with E-state index in [-0.39, 0.29) is 5.69 Å². The normalized spacial score (nSPS) is 10.1. The summed E-state index contributed by atoms with van der Waals surface area (Å²) in [5, 5.41) is 11.0. The van der Waals surface area contributed by atoms with Crippen LogP contribution in [0, 0.1) is 17.0 Å². The molecule has 5 nitrogen and oxygen atoms in total. The molecule has 6 heteroatoms. The number of hydrogen-bond donors (Lipinski definition) is 0. The van der Waals surface area contributed by atoms with E-state index < -0.39 is 4.92 Å². The number of hydrogen-bond acceptors (Lipinski definition) is 4. The van der Waals surface area contributed by atoms with E-state index >= 15 is 0 Å². The third kappa shape index (κ3) is 2.75. The molecule has 92 valence electrons. The van der Waals surface area contributed by atoms with Crippen molar-refractivity contribution in [1.82, 2.24) is 4.98 Å². The summed E-state index contributed by atoms with van der Waals surface area (Å²) in [4.78, 5) is 14.1. The van der Waals surface area contributed by atoms with E-state index in [1.54, 1.807) is 18.2 Å². The molecule has 0 aliphatic rings. The van der Waals surface area contributed by atoms with Crippen LogP contribution in [0.2, 0.25) is 5.15 Å². The summed E-state index contributed by atoms with van der Waals surface area (Å²) in [5.74, 6) is 0.907. The molecule has 0 fully saturated rings. The van der Waals surface area contributed by atoms with Gasteiger partial charge in [0.25, 0.3) is 5.69 Å². The molecular weight excluding hydrogens is 256 g/mol. The van der Waals surface area contributed by atoms with Gasteiger partial charge in [0, 0.05) is 18.3 Å². The molecule has 0 unspecified atom stereocenters. The maximum Gasteiger partial charge on any atom is 0.273 e. The zero-order chi connectivity index (χ0) is 13.1. The van der Waals surface area contributed by atoms with Crippen LogP contribution in [0.1, 0.15) is 5.56 Å². The van der Waals surface area contributed by atoms with Gasteiger partial charge in [0.2, 0.25) is 0 Å². The molecule has 0 amide bonds. The van der Waals surface area contributed by atoms with Crippen LogP contribution in [0.25, 0.3) is 0 Å². The quantitative estimate of drug-likeness (QED) is 0.481. The smallest absolute Gasteiger partial charge is 0.273 e. The third-order valence-corrected chi connectivity index (χ3v) is 2.52. The van der Waals surface area contributed by atoms with E-state index in [0.717, 1.165) is 5.56 Å². The number of nitro groups is 1. The van der Waals surface area contributed by atoms with Gasteiger partial charge in [-0.15, -0.1) is 0 Å². The first-order chi connectivity index (χ1) is 8.56. The van der Waals surface area contributed by atoms with E-state index in [4.69, 9.17) is 16.3 Å². The van der Waals surface area contributed by atoms with Gasteiger partial charge >= 0.3 is 0 Å². The van der Waals surface area contributed by atoms with Crippen molar-refractivity contribution in [3.05, 3.63) is 57.4 Å². The number of halogens is 1. The van der Waals surface area contributed by atoms with E-state index in [1.807, 2.05) is 6.92 Å². The molecule has 0 spiro atoms.